The molecule has 0 amide bonds. The number of benzene rings is 1. The lowest BCUT2D eigenvalue weighted by atomic mass is 10.2. The molecule has 0 saturated heterocycles. The van der Waals surface area contributed by atoms with Crippen LogP contribution in [0.15, 0.2) is 36.4 Å². The van der Waals surface area contributed by atoms with Gasteiger partial charge in [0.05, 0.1) is 6.10 Å². The molecule has 0 N–H and O–H groups in total. The summed E-state index contributed by atoms with van der Waals surface area (Å²) in [6.45, 7) is 4.75. The van der Waals surface area contributed by atoms with Crippen LogP contribution in [-0.2, 0) is 6.54 Å². The quantitative estimate of drug-likeness (QED) is 0.717. The molecule has 3 aromatic rings. The van der Waals surface area contributed by atoms with Crippen molar-refractivity contribution in [2.45, 2.75) is 26.5 Å². The first kappa shape index (κ1) is 14.2. The van der Waals surface area contributed by atoms with Crippen molar-refractivity contribution >= 4 is 11.5 Å². The Bertz CT molecular complexity index is 769. The Morgan fingerprint density at radius 1 is 1.23 bits per heavy atom. The van der Waals surface area contributed by atoms with Gasteiger partial charge >= 0.3 is 0 Å². The lowest BCUT2D eigenvalue weighted by Gasteiger charge is -2.18. The van der Waals surface area contributed by atoms with E-state index in [4.69, 9.17) is 4.74 Å². The number of rotatable bonds is 5. The standard InChI is InChI=1S/C15H18N6O/c1-11(2)22-13-6-4-5-12(9-13)10-20(3)15-8-7-14-16-18-19-21(14)17-15/h4-9,11H,10H2,1-3H3. The number of fused-ring (bicyclic) bond motifs is 1. The van der Waals surface area contributed by atoms with Gasteiger partial charge in [0.15, 0.2) is 11.5 Å². The van der Waals surface area contributed by atoms with Crippen molar-refractivity contribution in [3.05, 3.63) is 42.0 Å². The first-order chi connectivity index (χ1) is 10.6. The summed E-state index contributed by atoms with van der Waals surface area (Å²) in [4.78, 5) is 2.04. The summed E-state index contributed by atoms with van der Waals surface area (Å²) in [6.07, 6.45) is 0.164. The van der Waals surface area contributed by atoms with Gasteiger partial charge in [0.25, 0.3) is 0 Å². The van der Waals surface area contributed by atoms with Crippen molar-refractivity contribution in [2.75, 3.05) is 11.9 Å². The largest absolute Gasteiger partial charge is 0.491 e. The SMILES string of the molecule is CC(C)Oc1cccc(CN(C)c2ccc3nnnn3n2)c1. The van der Waals surface area contributed by atoms with E-state index in [0.29, 0.717) is 5.65 Å². The van der Waals surface area contributed by atoms with Crippen LogP contribution in [0.3, 0.4) is 0 Å². The van der Waals surface area contributed by atoms with Crippen LogP contribution in [0, 0.1) is 0 Å². The highest BCUT2D eigenvalue weighted by molar-refractivity contribution is 5.44. The predicted molar refractivity (Wildman–Crippen MR) is 82.9 cm³/mol. The van der Waals surface area contributed by atoms with E-state index < -0.39 is 0 Å². The summed E-state index contributed by atoms with van der Waals surface area (Å²) in [5.41, 5.74) is 1.78. The third-order valence-electron chi connectivity index (χ3n) is 3.14. The summed E-state index contributed by atoms with van der Waals surface area (Å²) in [7, 11) is 1.98. The van der Waals surface area contributed by atoms with Crippen LogP contribution < -0.4 is 9.64 Å². The molecule has 7 heteroatoms. The Morgan fingerprint density at radius 3 is 2.91 bits per heavy atom. The van der Waals surface area contributed by atoms with E-state index in [-0.39, 0.29) is 6.10 Å². The molecule has 0 fully saturated rings. The number of aromatic nitrogens is 5. The molecule has 0 bridgehead atoms. The molecule has 0 atom stereocenters. The average Bonchev–Trinajstić information content (AvgIpc) is 2.94. The van der Waals surface area contributed by atoms with E-state index in [1.54, 1.807) is 0 Å². The summed E-state index contributed by atoms with van der Waals surface area (Å²) >= 11 is 0. The number of nitrogens with zero attached hydrogens (tertiary/aromatic N) is 6. The molecule has 0 aliphatic rings. The lowest BCUT2D eigenvalue weighted by Crippen LogP contribution is -2.19. The van der Waals surface area contributed by atoms with Gasteiger partial charge in [-0.15, -0.1) is 14.8 Å². The normalized spacial score (nSPS) is 11.1. The molecule has 7 nitrogen and oxygen atoms in total. The van der Waals surface area contributed by atoms with Crippen molar-refractivity contribution in [3.8, 4) is 5.75 Å². The molecule has 0 radical (unpaired) electrons. The molecule has 0 unspecified atom stereocenters. The highest BCUT2D eigenvalue weighted by Crippen LogP contribution is 2.18. The molecule has 22 heavy (non-hydrogen) atoms. The molecular weight excluding hydrogens is 280 g/mol. The smallest absolute Gasteiger partial charge is 0.200 e. The maximum absolute atomic E-state index is 5.72. The maximum Gasteiger partial charge on any atom is 0.200 e. The Labute approximate surface area is 128 Å². The van der Waals surface area contributed by atoms with Gasteiger partial charge in [-0.05, 0) is 54.1 Å². The van der Waals surface area contributed by atoms with Crippen molar-refractivity contribution < 1.29 is 4.74 Å². The number of tetrazole rings is 1. The summed E-state index contributed by atoms with van der Waals surface area (Å²) < 4.78 is 7.15. The van der Waals surface area contributed by atoms with E-state index in [0.717, 1.165) is 23.7 Å². The van der Waals surface area contributed by atoms with Gasteiger partial charge in [0.1, 0.15) is 5.75 Å². The third-order valence-corrected chi connectivity index (χ3v) is 3.14. The molecule has 0 saturated carbocycles. The van der Waals surface area contributed by atoms with Crippen LogP contribution >= 0.6 is 0 Å². The van der Waals surface area contributed by atoms with Crippen LogP contribution in [0.1, 0.15) is 19.4 Å². The molecule has 2 heterocycles. The minimum Gasteiger partial charge on any atom is -0.491 e. The second-order valence-corrected chi connectivity index (χ2v) is 5.39. The van der Waals surface area contributed by atoms with Crippen LogP contribution in [0.25, 0.3) is 5.65 Å². The highest BCUT2D eigenvalue weighted by Gasteiger charge is 2.07. The first-order valence-corrected chi connectivity index (χ1v) is 7.14. The van der Waals surface area contributed by atoms with E-state index in [9.17, 15) is 0 Å². The molecular formula is C15H18N6O. The predicted octanol–water partition coefficient (Wildman–Crippen LogP) is 1.94. The fraction of sp³-hybridized carbons (Fsp3) is 0.333. The molecule has 0 aliphatic carbocycles. The van der Waals surface area contributed by atoms with Crippen molar-refractivity contribution in [3.63, 3.8) is 0 Å². The Balaban J connectivity index is 1.76. The first-order valence-electron chi connectivity index (χ1n) is 7.14. The number of hydrogen-bond donors (Lipinski definition) is 0. The molecule has 0 spiro atoms. The maximum atomic E-state index is 5.72. The van der Waals surface area contributed by atoms with Gasteiger partial charge in [-0.3, -0.25) is 0 Å². The van der Waals surface area contributed by atoms with Crippen LogP contribution in [0.4, 0.5) is 5.82 Å². The van der Waals surface area contributed by atoms with Gasteiger partial charge in [0.2, 0.25) is 0 Å². The minimum absolute atomic E-state index is 0.164. The second-order valence-electron chi connectivity index (χ2n) is 5.39. The molecule has 0 aliphatic heterocycles. The highest BCUT2D eigenvalue weighted by atomic mass is 16.5. The zero-order valence-corrected chi connectivity index (χ0v) is 12.8. The zero-order valence-electron chi connectivity index (χ0n) is 12.8. The van der Waals surface area contributed by atoms with Crippen LogP contribution in [-0.4, -0.2) is 38.4 Å². The Kier molecular flexibility index (Phi) is 3.86. The van der Waals surface area contributed by atoms with E-state index >= 15 is 0 Å². The van der Waals surface area contributed by atoms with Gasteiger partial charge in [-0.2, -0.15) is 0 Å². The average molecular weight is 298 g/mol. The van der Waals surface area contributed by atoms with E-state index in [1.807, 2.05) is 56.1 Å². The Hall–Kier alpha value is -2.70. The Morgan fingerprint density at radius 2 is 2.09 bits per heavy atom. The summed E-state index contributed by atoms with van der Waals surface area (Å²) in [5, 5.41) is 15.6. The van der Waals surface area contributed by atoms with Gasteiger partial charge in [0, 0.05) is 13.6 Å². The second kappa shape index (κ2) is 5.97. The van der Waals surface area contributed by atoms with Crippen molar-refractivity contribution in [1.82, 2.24) is 25.3 Å². The minimum atomic E-state index is 0.164. The fourth-order valence-electron chi connectivity index (χ4n) is 2.19. The van der Waals surface area contributed by atoms with Crippen LogP contribution in [0.5, 0.6) is 5.75 Å². The molecule has 1 aromatic carbocycles. The number of anilines is 1. The topological polar surface area (TPSA) is 68.4 Å². The monoisotopic (exact) mass is 298 g/mol. The van der Waals surface area contributed by atoms with Gasteiger partial charge in [-0.25, -0.2) is 0 Å². The lowest BCUT2D eigenvalue weighted by molar-refractivity contribution is 0.242. The van der Waals surface area contributed by atoms with E-state index in [1.165, 1.54) is 4.63 Å². The third kappa shape index (κ3) is 3.13. The zero-order chi connectivity index (χ0) is 15.5. The van der Waals surface area contributed by atoms with Crippen LogP contribution in [0.2, 0.25) is 0 Å². The summed E-state index contributed by atoms with van der Waals surface area (Å²) in [5.74, 6) is 1.68. The van der Waals surface area contributed by atoms with Gasteiger partial charge in [-0.1, -0.05) is 12.1 Å². The van der Waals surface area contributed by atoms with E-state index in [2.05, 4.69) is 26.7 Å². The van der Waals surface area contributed by atoms with Gasteiger partial charge < -0.3 is 9.64 Å². The fourth-order valence-corrected chi connectivity index (χ4v) is 2.19. The molecule has 3 rings (SSSR count). The number of ether oxygens (including phenoxy) is 1. The van der Waals surface area contributed by atoms with Crippen molar-refractivity contribution in [2.24, 2.45) is 0 Å². The molecule has 2 aromatic heterocycles. The summed E-state index contributed by atoms with van der Waals surface area (Å²) in [6, 6.07) is 11.8. The molecule has 114 valence electrons. The number of hydrogen-bond acceptors (Lipinski definition) is 6. The van der Waals surface area contributed by atoms with Crippen molar-refractivity contribution in [1.29, 1.82) is 0 Å².